The highest BCUT2D eigenvalue weighted by atomic mass is 31.1. The smallest absolute Gasteiger partial charge is 0.316 e. The second-order valence-corrected chi connectivity index (χ2v) is 3.19. The summed E-state index contributed by atoms with van der Waals surface area (Å²) >= 11 is 0. The fraction of sp³-hybridized carbons (Fsp3) is 1.00. The van der Waals surface area contributed by atoms with Crippen LogP contribution in [-0.2, 0) is 9.09 Å². The highest BCUT2D eigenvalue weighted by Crippen LogP contribution is 2.17. The predicted molar refractivity (Wildman–Crippen MR) is 33.5 cm³/mol. The molecular formula is C4H11O4P. The maximum absolute atomic E-state index is 9.90. The third kappa shape index (κ3) is 8.11. The van der Waals surface area contributed by atoms with Gasteiger partial charge in [0.2, 0.25) is 0 Å². The van der Waals surface area contributed by atoms with Crippen LogP contribution < -0.4 is 0 Å². The largest absolute Gasteiger partial charge is 0.388 e. The van der Waals surface area contributed by atoms with Gasteiger partial charge in [-0.2, -0.15) is 0 Å². The lowest BCUT2D eigenvalue weighted by molar-refractivity contribution is 0.0272. The summed E-state index contributed by atoms with van der Waals surface area (Å²) in [5.74, 6) is 0. The van der Waals surface area contributed by atoms with Gasteiger partial charge in [0.1, 0.15) is 0 Å². The molecule has 9 heavy (non-hydrogen) atoms. The summed E-state index contributed by atoms with van der Waals surface area (Å²) in [7, 11) is -2.88. The molecule has 1 unspecified atom stereocenters. The molecule has 5 heteroatoms. The van der Waals surface area contributed by atoms with Crippen LogP contribution in [0.2, 0.25) is 0 Å². The van der Waals surface area contributed by atoms with Crippen molar-refractivity contribution in [2.24, 2.45) is 0 Å². The third-order valence-electron chi connectivity index (χ3n) is 0.549. The fourth-order valence-corrected chi connectivity index (χ4v) is 0.715. The number of hydrogen-bond acceptors (Lipinski definition) is 3. The number of aliphatic hydroxyl groups is 1. The molecule has 0 aliphatic rings. The van der Waals surface area contributed by atoms with Gasteiger partial charge in [0.15, 0.2) is 0 Å². The van der Waals surface area contributed by atoms with E-state index in [1.54, 1.807) is 0 Å². The molecule has 1 atom stereocenters. The normalized spacial score (nSPS) is 15.6. The van der Waals surface area contributed by atoms with Crippen LogP contribution in [0.4, 0.5) is 0 Å². The Morgan fingerprint density at radius 1 is 1.67 bits per heavy atom. The molecule has 0 aromatic heterocycles. The van der Waals surface area contributed by atoms with Gasteiger partial charge in [0.25, 0.3) is 0 Å². The van der Waals surface area contributed by atoms with Gasteiger partial charge in [-0.05, 0) is 13.8 Å². The number of hydrogen-bond donors (Lipinski definition) is 2. The first-order valence-electron chi connectivity index (χ1n) is 2.50. The van der Waals surface area contributed by atoms with E-state index in [4.69, 9.17) is 10.00 Å². The zero-order chi connectivity index (χ0) is 7.49. The van der Waals surface area contributed by atoms with Crippen LogP contribution in [0.5, 0.6) is 0 Å². The highest BCUT2D eigenvalue weighted by Gasteiger charge is 2.12. The van der Waals surface area contributed by atoms with E-state index in [2.05, 4.69) is 4.52 Å². The quantitative estimate of drug-likeness (QED) is 0.568. The first-order chi connectivity index (χ1) is 3.92. The van der Waals surface area contributed by atoms with E-state index >= 15 is 0 Å². The maximum Gasteiger partial charge on any atom is 0.316 e. The minimum absolute atomic E-state index is 0.110. The zero-order valence-corrected chi connectivity index (χ0v) is 6.42. The van der Waals surface area contributed by atoms with Crippen molar-refractivity contribution in [1.29, 1.82) is 0 Å². The monoisotopic (exact) mass is 154 g/mol. The van der Waals surface area contributed by atoms with Gasteiger partial charge in [0.05, 0.1) is 12.2 Å². The Kier molecular flexibility index (Phi) is 3.36. The Bertz CT molecular complexity index is 106. The average molecular weight is 154 g/mol. The highest BCUT2D eigenvalue weighted by molar-refractivity contribution is 7.32. The Morgan fingerprint density at radius 3 is 2.22 bits per heavy atom. The standard InChI is InChI=1S/C4H11O4P/c1-4(2,5)3-8-9(6)7/h5,9H,3H2,1-2H3,(H,6,7). The zero-order valence-electron chi connectivity index (χ0n) is 5.42. The van der Waals surface area contributed by atoms with Crippen LogP contribution >= 0.6 is 8.25 Å². The Morgan fingerprint density at radius 2 is 2.11 bits per heavy atom. The van der Waals surface area contributed by atoms with Crippen molar-refractivity contribution in [1.82, 2.24) is 0 Å². The molecule has 0 aliphatic heterocycles. The molecule has 0 amide bonds. The van der Waals surface area contributed by atoms with Crippen molar-refractivity contribution in [3.05, 3.63) is 0 Å². The fourth-order valence-electron chi connectivity index (χ4n) is 0.238. The lowest BCUT2D eigenvalue weighted by Crippen LogP contribution is -2.24. The summed E-state index contributed by atoms with van der Waals surface area (Å²) in [4.78, 5) is 8.13. The van der Waals surface area contributed by atoms with Gasteiger partial charge in [-0.25, -0.2) is 0 Å². The Hall–Kier alpha value is 0.110. The van der Waals surface area contributed by atoms with Crippen LogP contribution in [-0.4, -0.2) is 22.2 Å². The molecule has 0 bridgehead atoms. The molecular weight excluding hydrogens is 143 g/mol. The van der Waals surface area contributed by atoms with E-state index in [1.807, 2.05) is 0 Å². The summed E-state index contributed by atoms with van der Waals surface area (Å²) in [6, 6.07) is 0. The van der Waals surface area contributed by atoms with Crippen molar-refractivity contribution >= 4 is 8.25 Å². The van der Waals surface area contributed by atoms with Gasteiger partial charge in [-0.15, -0.1) is 0 Å². The second-order valence-electron chi connectivity index (χ2n) is 2.37. The first kappa shape index (κ1) is 9.11. The minimum Gasteiger partial charge on any atom is -0.388 e. The summed E-state index contributed by atoms with van der Waals surface area (Å²) in [5, 5.41) is 8.91. The van der Waals surface area contributed by atoms with Crippen LogP contribution in [0.3, 0.4) is 0 Å². The van der Waals surface area contributed by atoms with Crippen molar-refractivity contribution in [3.63, 3.8) is 0 Å². The first-order valence-corrected chi connectivity index (χ1v) is 3.76. The van der Waals surface area contributed by atoms with E-state index in [9.17, 15) is 4.57 Å². The van der Waals surface area contributed by atoms with Crippen molar-refractivity contribution < 1.29 is 19.1 Å². The van der Waals surface area contributed by atoms with Crippen LogP contribution in [0.1, 0.15) is 13.8 Å². The molecule has 0 radical (unpaired) electrons. The maximum atomic E-state index is 9.90. The van der Waals surface area contributed by atoms with Gasteiger partial charge in [-0.1, -0.05) is 0 Å². The summed E-state index contributed by atoms with van der Waals surface area (Å²) < 4.78 is 14.2. The Balaban J connectivity index is 3.39. The third-order valence-corrected chi connectivity index (χ3v) is 0.940. The van der Waals surface area contributed by atoms with E-state index in [0.717, 1.165) is 0 Å². The minimum atomic E-state index is -2.88. The van der Waals surface area contributed by atoms with E-state index in [1.165, 1.54) is 13.8 Å². The molecule has 0 saturated carbocycles. The molecule has 0 aromatic carbocycles. The molecule has 0 spiro atoms. The summed E-state index contributed by atoms with van der Waals surface area (Å²) in [6.45, 7) is 2.89. The van der Waals surface area contributed by atoms with Crippen LogP contribution in [0, 0.1) is 0 Å². The lowest BCUT2D eigenvalue weighted by Gasteiger charge is -2.14. The molecule has 0 aliphatic carbocycles. The van der Waals surface area contributed by atoms with E-state index < -0.39 is 13.9 Å². The predicted octanol–water partition coefficient (Wildman–Crippen LogP) is 0.156. The molecule has 0 saturated heterocycles. The van der Waals surface area contributed by atoms with Crippen molar-refractivity contribution in [2.75, 3.05) is 6.61 Å². The second kappa shape index (κ2) is 3.32. The molecule has 4 nitrogen and oxygen atoms in total. The van der Waals surface area contributed by atoms with Gasteiger partial charge in [0, 0.05) is 0 Å². The summed E-state index contributed by atoms with van der Waals surface area (Å²) in [6.07, 6.45) is 0. The Labute approximate surface area is 54.4 Å². The number of rotatable bonds is 3. The van der Waals surface area contributed by atoms with Gasteiger partial charge >= 0.3 is 8.25 Å². The summed E-state index contributed by atoms with van der Waals surface area (Å²) in [5.41, 5.74) is -1.02. The molecule has 56 valence electrons. The molecule has 0 rings (SSSR count). The SMILES string of the molecule is CC(C)(O)CO[PH](=O)O. The van der Waals surface area contributed by atoms with E-state index in [-0.39, 0.29) is 6.61 Å². The van der Waals surface area contributed by atoms with Crippen molar-refractivity contribution in [2.45, 2.75) is 19.4 Å². The topological polar surface area (TPSA) is 66.8 Å². The van der Waals surface area contributed by atoms with E-state index in [0.29, 0.717) is 0 Å². The molecule has 0 fully saturated rings. The molecule has 0 heterocycles. The molecule has 0 aromatic rings. The van der Waals surface area contributed by atoms with Crippen molar-refractivity contribution in [3.8, 4) is 0 Å². The molecule has 2 N–H and O–H groups in total. The van der Waals surface area contributed by atoms with Crippen LogP contribution in [0.25, 0.3) is 0 Å². The lowest BCUT2D eigenvalue weighted by atomic mass is 10.2. The van der Waals surface area contributed by atoms with Gasteiger partial charge in [-0.3, -0.25) is 4.57 Å². The van der Waals surface area contributed by atoms with Gasteiger partial charge < -0.3 is 14.5 Å². The van der Waals surface area contributed by atoms with Crippen LogP contribution in [0.15, 0.2) is 0 Å². The average Bonchev–Trinajstić information content (AvgIpc) is 1.59.